The summed E-state index contributed by atoms with van der Waals surface area (Å²) in [7, 11) is 0. The second kappa shape index (κ2) is 14.1. The van der Waals surface area contributed by atoms with Crippen molar-refractivity contribution in [3.8, 4) is 0 Å². The summed E-state index contributed by atoms with van der Waals surface area (Å²) >= 11 is 0. The second-order valence-corrected chi connectivity index (χ2v) is 5.57. The van der Waals surface area contributed by atoms with Gasteiger partial charge in [0.25, 0.3) is 0 Å². The van der Waals surface area contributed by atoms with Gasteiger partial charge in [-0.15, -0.1) is 0 Å². The molecule has 1 aliphatic rings. The van der Waals surface area contributed by atoms with Gasteiger partial charge in [0.2, 0.25) is 0 Å². The van der Waals surface area contributed by atoms with Crippen LogP contribution in [0.4, 0.5) is 0 Å². The average Bonchev–Trinajstić information content (AvgIpc) is 2.37. The molecule has 1 saturated carbocycles. The highest BCUT2D eigenvalue weighted by Gasteiger charge is 2.16. The molecule has 0 amide bonds. The molecule has 0 spiro atoms. The Hall–Kier alpha value is 0. The third kappa shape index (κ3) is 12.2. The molecule has 0 aromatic carbocycles. The van der Waals surface area contributed by atoms with Gasteiger partial charge >= 0.3 is 0 Å². The molecular weight excluding hydrogens is 204 g/mol. The smallest absolute Gasteiger partial charge is 0.0417 e. The van der Waals surface area contributed by atoms with Crippen LogP contribution in [-0.4, -0.2) is 0 Å². The van der Waals surface area contributed by atoms with E-state index in [4.69, 9.17) is 0 Å². The Balaban J connectivity index is 0. The maximum Gasteiger partial charge on any atom is -0.0417 e. The summed E-state index contributed by atoms with van der Waals surface area (Å²) in [6, 6.07) is 0. The van der Waals surface area contributed by atoms with Crippen LogP contribution in [0.3, 0.4) is 0 Å². The first-order valence-electron chi connectivity index (χ1n) is 8.11. The van der Waals surface area contributed by atoms with E-state index in [0.29, 0.717) is 0 Å². The lowest BCUT2D eigenvalue weighted by Crippen LogP contribution is -2.13. The van der Waals surface area contributed by atoms with Gasteiger partial charge in [-0.25, -0.2) is 0 Å². The fourth-order valence-corrected chi connectivity index (χ4v) is 2.05. The van der Waals surface area contributed by atoms with Crippen LogP contribution in [0.25, 0.3) is 0 Å². The molecule has 0 heterocycles. The summed E-state index contributed by atoms with van der Waals surface area (Å²) < 4.78 is 0. The Morgan fingerprint density at radius 3 is 1.65 bits per heavy atom. The largest absolute Gasteiger partial charge is 0.0683 e. The molecule has 106 valence electrons. The Kier molecular flexibility index (Phi) is 16.0. The lowest BCUT2D eigenvalue weighted by atomic mass is 9.81. The molecule has 0 N–H and O–H groups in total. The molecule has 0 radical (unpaired) electrons. The zero-order valence-electron chi connectivity index (χ0n) is 13.7. The normalized spacial score (nSPS) is 28.8. The van der Waals surface area contributed by atoms with Crippen molar-refractivity contribution in [3.63, 3.8) is 0 Å². The fraction of sp³-hybridized carbons (Fsp3) is 1.00. The highest BCUT2D eigenvalue weighted by atomic mass is 14.2. The van der Waals surface area contributed by atoms with Crippen molar-refractivity contribution in [1.29, 1.82) is 0 Å². The Labute approximate surface area is 112 Å². The quantitative estimate of drug-likeness (QED) is 0.480. The lowest BCUT2D eigenvalue weighted by Gasteiger charge is -2.25. The number of hydrogen-bond donors (Lipinski definition) is 0. The molecule has 1 rings (SSSR count). The molecule has 17 heavy (non-hydrogen) atoms. The number of unbranched alkanes of at least 4 members (excludes halogenated alkanes) is 1. The van der Waals surface area contributed by atoms with Crippen LogP contribution in [0, 0.1) is 17.8 Å². The highest BCUT2D eigenvalue weighted by molar-refractivity contribution is 4.68. The van der Waals surface area contributed by atoms with Crippen LogP contribution in [0.1, 0.15) is 93.4 Å². The molecular formula is C17H38. The highest BCUT2D eigenvalue weighted by Crippen LogP contribution is 2.29. The van der Waals surface area contributed by atoms with Crippen molar-refractivity contribution < 1.29 is 0 Å². The van der Waals surface area contributed by atoms with Crippen LogP contribution in [0.2, 0.25) is 0 Å². The summed E-state index contributed by atoms with van der Waals surface area (Å²) in [5, 5.41) is 0. The van der Waals surface area contributed by atoms with Crippen LogP contribution < -0.4 is 0 Å². The Bertz CT molecular complexity index is 126. The van der Waals surface area contributed by atoms with Gasteiger partial charge in [-0.3, -0.25) is 0 Å². The van der Waals surface area contributed by atoms with Crippen molar-refractivity contribution in [2.45, 2.75) is 93.4 Å². The molecule has 0 bridgehead atoms. The van der Waals surface area contributed by atoms with Gasteiger partial charge in [-0.05, 0) is 17.8 Å². The van der Waals surface area contributed by atoms with E-state index >= 15 is 0 Å². The summed E-state index contributed by atoms with van der Waals surface area (Å²) in [6.45, 7) is 15.6. The first kappa shape index (κ1) is 19.3. The maximum absolute atomic E-state index is 2.42. The van der Waals surface area contributed by atoms with E-state index in [1.165, 1.54) is 44.9 Å². The molecule has 0 nitrogen and oxygen atoms in total. The molecule has 0 saturated heterocycles. The monoisotopic (exact) mass is 242 g/mol. The van der Waals surface area contributed by atoms with E-state index in [-0.39, 0.29) is 0 Å². The molecule has 0 aliphatic heterocycles. The van der Waals surface area contributed by atoms with E-state index in [0.717, 1.165) is 17.8 Å². The Morgan fingerprint density at radius 2 is 1.18 bits per heavy atom. The maximum atomic E-state index is 2.42. The standard InChI is InChI=1S/C11H22.C4H10.C2H6/c1-9-5-4-6-10(2)11(3)8-7-9;1-3-4-2;1-2/h9-11H,4-8H2,1-3H3;3-4H2,1-2H3;1-2H3. The van der Waals surface area contributed by atoms with E-state index in [2.05, 4.69) is 34.6 Å². The SMILES string of the molecule is CC.CC1CCCC(C)C(C)CC1.CCCC. The van der Waals surface area contributed by atoms with E-state index in [1.54, 1.807) is 0 Å². The predicted molar refractivity (Wildman–Crippen MR) is 82.5 cm³/mol. The third-order valence-corrected chi connectivity index (χ3v) is 3.94. The summed E-state index contributed by atoms with van der Waals surface area (Å²) in [5.74, 6) is 2.94. The van der Waals surface area contributed by atoms with Crippen molar-refractivity contribution in [3.05, 3.63) is 0 Å². The zero-order chi connectivity index (χ0) is 13.7. The molecule has 3 unspecified atom stereocenters. The molecule has 3 atom stereocenters. The van der Waals surface area contributed by atoms with Gasteiger partial charge in [0.05, 0.1) is 0 Å². The molecule has 1 aliphatic carbocycles. The van der Waals surface area contributed by atoms with Gasteiger partial charge in [0.1, 0.15) is 0 Å². The van der Waals surface area contributed by atoms with Crippen molar-refractivity contribution >= 4 is 0 Å². The zero-order valence-corrected chi connectivity index (χ0v) is 13.7. The molecule has 0 aromatic heterocycles. The number of hydrogen-bond acceptors (Lipinski definition) is 0. The lowest BCUT2D eigenvalue weighted by molar-refractivity contribution is 0.268. The first-order chi connectivity index (χ1) is 8.11. The van der Waals surface area contributed by atoms with E-state index in [9.17, 15) is 0 Å². The van der Waals surface area contributed by atoms with E-state index in [1.807, 2.05) is 13.8 Å². The summed E-state index contributed by atoms with van der Waals surface area (Å²) in [5.41, 5.74) is 0. The fourth-order valence-electron chi connectivity index (χ4n) is 2.05. The van der Waals surface area contributed by atoms with Crippen molar-refractivity contribution in [1.82, 2.24) is 0 Å². The van der Waals surface area contributed by atoms with E-state index < -0.39 is 0 Å². The van der Waals surface area contributed by atoms with Gasteiger partial charge in [0.15, 0.2) is 0 Å². The minimum atomic E-state index is 0.970. The first-order valence-corrected chi connectivity index (χ1v) is 8.11. The minimum Gasteiger partial charge on any atom is -0.0683 e. The average molecular weight is 242 g/mol. The molecule has 1 fully saturated rings. The van der Waals surface area contributed by atoms with Gasteiger partial charge in [-0.1, -0.05) is 93.4 Å². The Morgan fingerprint density at radius 1 is 0.706 bits per heavy atom. The predicted octanol–water partition coefficient (Wildman–Crippen LogP) is 6.69. The second-order valence-electron chi connectivity index (χ2n) is 5.57. The number of rotatable bonds is 1. The summed E-state index contributed by atoms with van der Waals surface area (Å²) in [6.07, 6.45) is 9.96. The molecule has 0 aromatic rings. The summed E-state index contributed by atoms with van der Waals surface area (Å²) in [4.78, 5) is 0. The van der Waals surface area contributed by atoms with Gasteiger partial charge in [-0.2, -0.15) is 0 Å². The minimum absolute atomic E-state index is 0.970. The van der Waals surface area contributed by atoms with Gasteiger partial charge < -0.3 is 0 Å². The van der Waals surface area contributed by atoms with Crippen LogP contribution >= 0.6 is 0 Å². The topological polar surface area (TPSA) is 0 Å². The van der Waals surface area contributed by atoms with Crippen molar-refractivity contribution in [2.75, 3.05) is 0 Å². The van der Waals surface area contributed by atoms with Crippen LogP contribution in [0.15, 0.2) is 0 Å². The van der Waals surface area contributed by atoms with Crippen molar-refractivity contribution in [2.24, 2.45) is 17.8 Å². The third-order valence-electron chi connectivity index (χ3n) is 3.94. The van der Waals surface area contributed by atoms with Crippen LogP contribution in [0.5, 0.6) is 0 Å². The van der Waals surface area contributed by atoms with Gasteiger partial charge in [0, 0.05) is 0 Å². The van der Waals surface area contributed by atoms with Crippen LogP contribution in [-0.2, 0) is 0 Å². The molecule has 0 heteroatoms.